The van der Waals surface area contributed by atoms with Crippen LogP contribution < -0.4 is 9.47 Å². The zero-order valence-corrected chi connectivity index (χ0v) is 33.5. The highest BCUT2D eigenvalue weighted by Gasteiger charge is 2.55. The van der Waals surface area contributed by atoms with Crippen molar-refractivity contribution in [2.24, 2.45) is 0 Å². The van der Waals surface area contributed by atoms with Gasteiger partial charge in [-0.15, -0.1) is 0 Å². The smallest absolute Gasteiger partial charge is 0.224 e. The minimum Gasteiger partial charge on any atom is -0.494 e. The lowest BCUT2D eigenvalue weighted by Crippen LogP contribution is -2.64. The Morgan fingerprint density at radius 3 is 1.64 bits per heavy atom. The van der Waals surface area contributed by atoms with Crippen molar-refractivity contribution in [1.82, 2.24) is 0 Å². The molecular formula is C43H52Cl2O13. The van der Waals surface area contributed by atoms with Crippen molar-refractivity contribution in [3.63, 3.8) is 0 Å². The molecule has 0 radical (unpaired) electrons. The third-order valence-corrected chi connectivity index (χ3v) is 10.4. The molecule has 0 bridgehead atoms. The first-order chi connectivity index (χ1) is 29.3. The van der Waals surface area contributed by atoms with Crippen molar-refractivity contribution >= 4 is 23.2 Å². The second-order valence-corrected chi connectivity index (χ2v) is 14.3. The number of aliphatic hydroxyl groups is 8. The standard InChI is InChI=1S/C22H27ClO7.C21H25ClO6/c1-3-29-16-7-4-13(5-8-16)10-14-11-15(6-9-17(14)23)22(28-2)21(27)20(26)19(25)18(12-24)30-22;1-2-27-15-6-3-12(4-7-15)9-14-10-13(5-8-16(14)22)21-20(26)19(25)18(24)17(11-23)28-21/h4-9,11,18-21,24-27H,3,10,12H2,1-2H3;3-8,10,17-21,23-26H,2,9,11H2,1H3/t18-,19-,20+,21-,22?;17-,18-,19+,20-,21+/m11/s1/i10D2;9D2. The fraction of sp³-hybridized carbons (Fsp3) is 0.442. The van der Waals surface area contributed by atoms with Crippen LogP contribution in [0.4, 0.5) is 0 Å². The minimum atomic E-state index is -2.04. The third kappa shape index (κ3) is 10.3. The molecule has 13 nitrogen and oxygen atoms in total. The van der Waals surface area contributed by atoms with Crippen molar-refractivity contribution < 1.29 is 70.0 Å². The number of hydrogen-bond donors (Lipinski definition) is 8. The van der Waals surface area contributed by atoms with Crippen LogP contribution in [0.15, 0.2) is 84.9 Å². The number of halogens is 2. The van der Waals surface area contributed by atoms with Gasteiger partial charge in [-0.25, -0.2) is 0 Å². The van der Waals surface area contributed by atoms with Gasteiger partial charge in [0.05, 0.1) is 26.4 Å². The fourth-order valence-corrected chi connectivity index (χ4v) is 6.94. The van der Waals surface area contributed by atoms with Crippen molar-refractivity contribution in [2.75, 3.05) is 33.5 Å². The largest absolute Gasteiger partial charge is 0.494 e. The zero-order chi connectivity index (χ0) is 45.7. The molecule has 4 aromatic rings. The van der Waals surface area contributed by atoms with Gasteiger partial charge in [0, 0.05) is 28.2 Å². The molecule has 316 valence electrons. The molecule has 2 aliphatic heterocycles. The Balaban J connectivity index is 0.000000235. The highest BCUT2D eigenvalue weighted by atomic mass is 35.5. The first kappa shape index (κ1) is 40.0. The lowest BCUT2D eigenvalue weighted by molar-refractivity contribution is -0.366. The Morgan fingerprint density at radius 1 is 0.638 bits per heavy atom. The molecule has 0 spiro atoms. The van der Waals surface area contributed by atoms with Gasteiger partial charge >= 0.3 is 0 Å². The van der Waals surface area contributed by atoms with Gasteiger partial charge < -0.3 is 64.5 Å². The molecule has 2 fully saturated rings. The van der Waals surface area contributed by atoms with E-state index in [2.05, 4.69) is 0 Å². The first-order valence-electron chi connectivity index (χ1n) is 20.6. The van der Waals surface area contributed by atoms with Gasteiger partial charge in [-0.1, -0.05) is 65.7 Å². The molecule has 0 aliphatic carbocycles. The summed E-state index contributed by atoms with van der Waals surface area (Å²) in [6, 6.07) is 21.8. The van der Waals surface area contributed by atoms with E-state index in [0.29, 0.717) is 41.4 Å². The van der Waals surface area contributed by atoms with Gasteiger partial charge in [0.2, 0.25) is 5.79 Å². The number of ether oxygens (including phenoxy) is 5. The van der Waals surface area contributed by atoms with Gasteiger partial charge in [-0.05, 0) is 96.9 Å². The summed E-state index contributed by atoms with van der Waals surface area (Å²) in [4.78, 5) is 0. The van der Waals surface area contributed by atoms with Gasteiger partial charge in [-0.2, -0.15) is 0 Å². The van der Waals surface area contributed by atoms with Crippen molar-refractivity contribution in [1.29, 1.82) is 0 Å². The Hall–Kier alpha value is -3.38. The van der Waals surface area contributed by atoms with E-state index in [0.717, 1.165) is 0 Å². The summed E-state index contributed by atoms with van der Waals surface area (Å²) < 4.78 is 62.2. The summed E-state index contributed by atoms with van der Waals surface area (Å²) in [6.45, 7) is 3.51. The normalized spacial score (nSPS) is 29.8. The zero-order valence-electron chi connectivity index (χ0n) is 36.0. The van der Waals surface area contributed by atoms with E-state index in [-0.39, 0.29) is 26.7 Å². The minimum absolute atomic E-state index is 0.0780. The average Bonchev–Trinajstić information content (AvgIpc) is 3.26. The molecule has 0 saturated carbocycles. The van der Waals surface area contributed by atoms with Crippen LogP contribution in [0.25, 0.3) is 0 Å². The summed E-state index contributed by atoms with van der Waals surface area (Å²) >= 11 is 12.6. The second kappa shape index (κ2) is 20.7. The quantitative estimate of drug-likeness (QED) is 0.0972. The van der Waals surface area contributed by atoms with Crippen LogP contribution in [-0.4, -0.2) is 123 Å². The molecule has 0 aromatic heterocycles. The van der Waals surface area contributed by atoms with E-state index in [9.17, 15) is 40.9 Å². The molecule has 0 amide bonds. The molecule has 6 rings (SSSR count). The van der Waals surface area contributed by atoms with E-state index in [1.807, 2.05) is 13.8 Å². The number of rotatable bonds is 13. The molecule has 8 N–H and O–H groups in total. The van der Waals surface area contributed by atoms with Crippen LogP contribution in [0.5, 0.6) is 11.5 Å². The highest BCUT2D eigenvalue weighted by molar-refractivity contribution is 6.31. The number of aliphatic hydroxyl groups excluding tert-OH is 8. The Bertz CT molecular complexity index is 2080. The van der Waals surface area contributed by atoms with E-state index in [4.69, 9.17) is 52.4 Å². The maximum absolute atomic E-state index is 10.7. The van der Waals surface area contributed by atoms with Gasteiger partial charge in [-0.3, -0.25) is 0 Å². The number of methoxy groups -OCH3 is 1. The topological polar surface area (TPSA) is 208 Å². The van der Waals surface area contributed by atoms with Crippen LogP contribution in [0.1, 0.15) is 58.8 Å². The summed E-state index contributed by atoms with van der Waals surface area (Å²) in [5, 5.41) is 80.8. The van der Waals surface area contributed by atoms with Crippen LogP contribution in [0, 0.1) is 0 Å². The molecule has 2 aliphatic rings. The van der Waals surface area contributed by atoms with E-state index >= 15 is 0 Å². The van der Waals surface area contributed by atoms with E-state index in [1.165, 1.54) is 37.4 Å². The van der Waals surface area contributed by atoms with Crippen LogP contribution in [0.3, 0.4) is 0 Å². The molecule has 2 saturated heterocycles. The molecule has 1 unspecified atom stereocenters. The first-order valence-corrected chi connectivity index (χ1v) is 19.3. The molecule has 58 heavy (non-hydrogen) atoms. The van der Waals surface area contributed by atoms with Gasteiger partial charge in [0.15, 0.2) is 0 Å². The molecule has 10 atom stereocenters. The van der Waals surface area contributed by atoms with Crippen molar-refractivity contribution in [2.45, 2.75) is 87.3 Å². The Morgan fingerprint density at radius 2 is 1.14 bits per heavy atom. The SMILES string of the molecule is [2H]C([2H])(c1ccc(OCC)cc1)c1cc(C2(OC)O[C@H](CO)[C@@H](O)[C@H](O)[C@H]2O)ccc1Cl.[2H]C([2H])(c1ccc(OCC)cc1)c1cc([C@@H]2O[C@H](CO)[C@@H](O)[C@H](O)[C@H]2O)ccc1Cl. The summed E-state index contributed by atoms with van der Waals surface area (Å²) in [6.07, 6.45) is -16.8. The number of benzene rings is 4. The monoisotopic (exact) mass is 850 g/mol. The Kier molecular flexibility index (Phi) is 14.3. The molecule has 4 aromatic carbocycles. The third-order valence-electron chi connectivity index (χ3n) is 9.72. The van der Waals surface area contributed by atoms with E-state index < -0.39 is 86.7 Å². The fourth-order valence-electron chi connectivity index (χ4n) is 6.61. The maximum atomic E-state index is 10.7. The van der Waals surface area contributed by atoms with Gasteiger partial charge in [0.1, 0.15) is 66.4 Å². The van der Waals surface area contributed by atoms with Crippen molar-refractivity contribution in [3.05, 3.63) is 128 Å². The predicted molar refractivity (Wildman–Crippen MR) is 215 cm³/mol. The van der Waals surface area contributed by atoms with Gasteiger partial charge in [0.25, 0.3) is 0 Å². The molecule has 2 heterocycles. The van der Waals surface area contributed by atoms with Crippen LogP contribution in [-0.2, 0) is 32.7 Å². The lowest BCUT2D eigenvalue weighted by Gasteiger charge is -2.47. The number of hydrogen-bond acceptors (Lipinski definition) is 13. The average molecular weight is 852 g/mol. The summed E-state index contributed by atoms with van der Waals surface area (Å²) in [5.41, 5.74) is 1.43. The van der Waals surface area contributed by atoms with Crippen molar-refractivity contribution in [3.8, 4) is 11.5 Å². The van der Waals surface area contributed by atoms with E-state index in [1.54, 1.807) is 54.6 Å². The second-order valence-electron chi connectivity index (χ2n) is 13.5. The predicted octanol–water partition coefficient (Wildman–Crippen LogP) is 3.45. The summed E-state index contributed by atoms with van der Waals surface area (Å²) in [7, 11) is 1.23. The summed E-state index contributed by atoms with van der Waals surface area (Å²) in [5.74, 6) is -0.745. The molecule has 15 heteroatoms. The van der Waals surface area contributed by atoms with Crippen LogP contribution >= 0.6 is 23.2 Å². The lowest BCUT2D eigenvalue weighted by atomic mass is 9.87. The molecular weight excluding hydrogens is 795 g/mol. The Labute approximate surface area is 353 Å². The van der Waals surface area contributed by atoms with Crippen LogP contribution in [0.2, 0.25) is 10.0 Å². The highest BCUT2D eigenvalue weighted by Crippen LogP contribution is 2.41. The maximum Gasteiger partial charge on any atom is 0.224 e.